The first-order valence-corrected chi connectivity index (χ1v) is 15.6. The van der Waals surface area contributed by atoms with E-state index in [1.165, 1.54) is 12.1 Å². The first-order chi connectivity index (χ1) is 24.6. The van der Waals surface area contributed by atoms with Gasteiger partial charge in [0, 0.05) is 130 Å². The maximum absolute atomic E-state index is 13.2. The molecule has 0 saturated carbocycles. The highest BCUT2D eigenvalue weighted by molar-refractivity contribution is 6.03. The third-order valence-corrected chi connectivity index (χ3v) is 7.83. The minimum Gasteiger partial charge on any atom is -0.457 e. The average molecular weight is 657 g/mol. The molecule has 0 aliphatic heterocycles. The van der Waals surface area contributed by atoms with Crippen molar-refractivity contribution < 1.29 is 19.1 Å². The van der Waals surface area contributed by atoms with Crippen LogP contribution >= 0.6 is 0 Å². The molecule has 0 aliphatic rings. The van der Waals surface area contributed by atoms with E-state index in [1.54, 1.807) is 86.5 Å². The van der Waals surface area contributed by atoms with Gasteiger partial charge in [0.15, 0.2) is 0 Å². The van der Waals surface area contributed by atoms with Gasteiger partial charge in [-0.25, -0.2) is 9.59 Å². The summed E-state index contributed by atoms with van der Waals surface area (Å²) < 4.78 is 11.3. The first kappa shape index (κ1) is 31.6. The van der Waals surface area contributed by atoms with Gasteiger partial charge in [-0.1, -0.05) is 24.3 Å². The second-order valence-corrected chi connectivity index (χ2v) is 11.3. The van der Waals surface area contributed by atoms with E-state index >= 15 is 0 Å². The minimum atomic E-state index is -0.659. The number of carbonyl (C=O) groups excluding carboxylic acids is 2. The predicted octanol–water partition coefficient (Wildman–Crippen LogP) is 7.44. The summed E-state index contributed by atoms with van der Waals surface area (Å²) in [5.74, 6) is -1.32. The standard InChI is InChI=1S/C40H28N6O4/c47-39(49-25-27-11-31(19-43-15-27)35-13-33(21-45-23-35)29-5-3-9-41-17-29)37-7-1-2-8-38(37)40(48)50-26-28-12-32(20-44-16-28)36-14-34(22-46-24-36)30-6-4-10-42-18-30/h1-24H,25-26H2. The van der Waals surface area contributed by atoms with Crippen LogP contribution in [0.15, 0.2) is 147 Å². The molecule has 6 heterocycles. The summed E-state index contributed by atoms with van der Waals surface area (Å²) in [7, 11) is 0. The zero-order valence-electron chi connectivity index (χ0n) is 26.6. The van der Waals surface area contributed by atoms with Gasteiger partial charge in [-0.05, 0) is 48.5 Å². The lowest BCUT2D eigenvalue weighted by Crippen LogP contribution is -2.14. The fraction of sp³-hybridized carbons (Fsp3) is 0.0500. The highest BCUT2D eigenvalue weighted by Gasteiger charge is 2.20. The van der Waals surface area contributed by atoms with Crippen LogP contribution in [0, 0.1) is 0 Å². The van der Waals surface area contributed by atoms with Gasteiger partial charge in [0.05, 0.1) is 11.1 Å². The Hall–Kier alpha value is -6.94. The predicted molar refractivity (Wildman–Crippen MR) is 186 cm³/mol. The van der Waals surface area contributed by atoms with Crippen molar-refractivity contribution in [2.24, 2.45) is 0 Å². The molecule has 10 nitrogen and oxygen atoms in total. The molecule has 0 fully saturated rings. The smallest absolute Gasteiger partial charge is 0.339 e. The molecule has 0 atom stereocenters. The number of nitrogens with zero attached hydrogens (tertiary/aromatic N) is 6. The van der Waals surface area contributed by atoms with E-state index in [1.807, 2.05) is 48.5 Å². The number of esters is 2. The van der Waals surface area contributed by atoms with Crippen molar-refractivity contribution >= 4 is 11.9 Å². The Kier molecular flexibility index (Phi) is 9.41. The van der Waals surface area contributed by atoms with Crippen molar-refractivity contribution in [3.63, 3.8) is 0 Å². The summed E-state index contributed by atoms with van der Waals surface area (Å²) in [5.41, 5.74) is 8.63. The van der Waals surface area contributed by atoms with Crippen molar-refractivity contribution in [3.8, 4) is 44.5 Å². The molecule has 0 saturated heterocycles. The normalized spacial score (nSPS) is 10.7. The van der Waals surface area contributed by atoms with Crippen LogP contribution in [0.5, 0.6) is 0 Å². The largest absolute Gasteiger partial charge is 0.457 e. The van der Waals surface area contributed by atoms with Gasteiger partial charge >= 0.3 is 11.9 Å². The Morgan fingerprint density at radius 3 is 1.16 bits per heavy atom. The molecular weight excluding hydrogens is 628 g/mol. The molecule has 50 heavy (non-hydrogen) atoms. The van der Waals surface area contributed by atoms with Crippen LogP contribution in [0.4, 0.5) is 0 Å². The molecule has 242 valence electrons. The molecule has 0 spiro atoms. The molecule has 0 radical (unpaired) electrons. The number of carbonyl (C=O) groups is 2. The van der Waals surface area contributed by atoms with Crippen LogP contribution in [0.25, 0.3) is 44.5 Å². The Morgan fingerprint density at radius 2 is 0.760 bits per heavy atom. The molecule has 0 aliphatic carbocycles. The second-order valence-electron chi connectivity index (χ2n) is 11.3. The third kappa shape index (κ3) is 7.45. The van der Waals surface area contributed by atoms with E-state index in [-0.39, 0.29) is 24.3 Å². The SMILES string of the molecule is O=C(OCc1cncc(-c2cncc(-c3cccnc3)c2)c1)c1ccccc1C(=O)OCc1cncc(-c2cncc(-c3cccnc3)c2)c1. The number of aromatic nitrogens is 6. The molecule has 0 amide bonds. The summed E-state index contributed by atoms with van der Waals surface area (Å²) >= 11 is 0. The highest BCUT2D eigenvalue weighted by Crippen LogP contribution is 2.27. The van der Waals surface area contributed by atoms with Crippen molar-refractivity contribution in [2.45, 2.75) is 13.2 Å². The highest BCUT2D eigenvalue weighted by atomic mass is 16.5. The van der Waals surface area contributed by atoms with Crippen LogP contribution in [0.1, 0.15) is 31.8 Å². The lowest BCUT2D eigenvalue weighted by molar-refractivity contribution is 0.0425. The van der Waals surface area contributed by atoms with Gasteiger partial charge in [0.2, 0.25) is 0 Å². The quantitative estimate of drug-likeness (QED) is 0.137. The van der Waals surface area contributed by atoms with E-state index in [4.69, 9.17) is 9.47 Å². The van der Waals surface area contributed by atoms with Gasteiger partial charge in [-0.3, -0.25) is 29.9 Å². The van der Waals surface area contributed by atoms with Gasteiger partial charge in [-0.15, -0.1) is 0 Å². The van der Waals surface area contributed by atoms with Gasteiger partial charge in [0.25, 0.3) is 0 Å². The van der Waals surface area contributed by atoms with Crippen LogP contribution in [0.3, 0.4) is 0 Å². The summed E-state index contributed by atoms with van der Waals surface area (Å²) in [4.78, 5) is 52.2. The van der Waals surface area contributed by atoms with E-state index < -0.39 is 11.9 Å². The number of ether oxygens (including phenoxy) is 2. The van der Waals surface area contributed by atoms with Crippen LogP contribution < -0.4 is 0 Å². The molecule has 7 rings (SSSR count). The summed E-state index contributed by atoms with van der Waals surface area (Å²) in [6.45, 7) is -0.0951. The molecule has 1 aromatic carbocycles. The minimum absolute atomic E-state index is 0.0475. The molecule has 0 bridgehead atoms. The maximum atomic E-state index is 13.2. The first-order valence-electron chi connectivity index (χ1n) is 15.6. The zero-order chi connectivity index (χ0) is 34.1. The molecular formula is C40H28N6O4. The van der Waals surface area contributed by atoms with Gasteiger partial charge in [0.1, 0.15) is 13.2 Å². The zero-order valence-corrected chi connectivity index (χ0v) is 26.6. The van der Waals surface area contributed by atoms with E-state index in [0.717, 1.165) is 44.5 Å². The van der Waals surface area contributed by atoms with Crippen molar-refractivity contribution in [2.75, 3.05) is 0 Å². The second kappa shape index (κ2) is 14.9. The molecule has 7 aromatic rings. The number of hydrogen-bond acceptors (Lipinski definition) is 10. The van der Waals surface area contributed by atoms with Crippen LogP contribution in [0.2, 0.25) is 0 Å². The van der Waals surface area contributed by atoms with Gasteiger partial charge in [-0.2, -0.15) is 0 Å². The summed E-state index contributed by atoms with van der Waals surface area (Å²) in [5, 5.41) is 0. The van der Waals surface area contributed by atoms with Crippen molar-refractivity contribution in [1.29, 1.82) is 0 Å². The molecule has 0 unspecified atom stereocenters. The number of rotatable bonds is 10. The van der Waals surface area contributed by atoms with Gasteiger partial charge < -0.3 is 9.47 Å². The van der Waals surface area contributed by atoms with Crippen molar-refractivity contribution in [3.05, 3.63) is 169 Å². The Labute approximate surface area is 287 Å². The molecule has 6 aromatic heterocycles. The maximum Gasteiger partial charge on any atom is 0.339 e. The fourth-order valence-corrected chi connectivity index (χ4v) is 5.32. The average Bonchev–Trinajstić information content (AvgIpc) is 3.20. The summed E-state index contributed by atoms with van der Waals surface area (Å²) in [6.07, 6.45) is 20.8. The topological polar surface area (TPSA) is 130 Å². The molecule has 0 N–H and O–H groups in total. The number of benzene rings is 1. The van der Waals surface area contributed by atoms with E-state index in [2.05, 4.69) is 29.9 Å². The van der Waals surface area contributed by atoms with Crippen LogP contribution in [-0.4, -0.2) is 41.8 Å². The van der Waals surface area contributed by atoms with E-state index in [0.29, 0.717) is 11.1 Å². The number of hydrogen-bond donors (Lipinski definition) is 0. The molecule has 10 heteroatoms. The monoisotopic (exact) mass is 656 g/mol. The lowest BCUT2D eigenvalue weighted by atomic mass is 10.0. The fourth-order valence-electron chi connectivity index (χ4n) is 5.32. The summed E-state index contributed by atoms with van der Waals surface area (Å²) in [6, 6.07) is 21.9. The Balaban J connectivity index is 1.00. The van der Waals surface area contributed by atoms with Crippen molar-refractivity contribution in [1.82, 2.24) is 29.9 Å². The third-order valence-electron chi connectivity index (χ3n) is 7.83. The van der Waals surface area contributed by atoms with Crippen LogP contribution in [-0.2, 0) is 22.7 Å². The lowest BCUT2D eigenvalue weighted by Gasteiger charge is -2.11. The number of pyridine rings is 6. The van der Waals surface area contributed by atoms with E-state index in [9.17, 15) is 9.59 Å². The Morgan fingerprint density at radius 1 is 0.400 bits per heavy atom. The Bertz CT molecular complexity index is 2120.